The highest BCUT2D eigenvalue weighted by Gasteiger charge is 1.83. The number of alkyl halides is 1. The van der Waals surface area contributed by atoms with Crippen molar-refractivity contribution in [3.05, 3.63) is 0 Å². The summed E-state index contributed by atoms with van der Waals surface area (Å²) in [5, 5.41) is 2.44. The zero-order valence-electron chi connectivity index (χ0n) is 3.44. The molecule has 1 atom stereocenters. The molecule has 0 radical (unpaired) electrons. The van der Waals surface area contributed by atoms with E-state index in [4.69, 9.17) is 0 Å². The summed E-state index contributed by atoms with van der Waals surface area (Å²) in [7, 11) is 0. The number of halogens is 1. The molecule has 1 amide bonds. The molecule has 0 bridgehead atoms. The quantitative estimate of drug-likeness (QED) is 0.348. The predicted molar refractivity (Wildman–Crippen MR) is 27.6 cm³/mol. The van der Waals surface area contributed by atoms with Gasteiger partial charge in [0.05, 0.1) is 4.95 Å². The average Bonchev–Trinajstić information content (AvgIpc) is 1.35. The van der Waals surface area contributed by atoms with Crippen LogP contribution < -0.4 is 5.32 Å². The summed E-state index contributed by atoms with van der Waals surface area (Å²) in [6, 6.07) is 0. The molecule has 0 aliphatic carbocycles. The molecule has 2 nitrogen and oxygen atoms in total. The number of rotatable bonds is 2. The molecule has 0 aromatic heterocycles. The Kier molecular flexibility index (Phi) is 3.13. The highest BCUT2D eigenvalue weighted by Crippen LogP contribution is 1.86. The van der Waals surface area contributed by atoms with E-state index in [2.05, 4.69) is 21.2 Å². The number of hydrogen-bond acceptors (Lipinski definition) is 1. The molecule has 0 rings (SSSR count). The summed E-state index contributed by atoms with van der Waals surface area (Å²) in [6.07, 6.45) is 0.652. The highest BCUT2D eigenvalue weighted by molar-refractivity contribution is 9.09. The van der Waals surface area contributed by atoms with Crippen molar-refractivity contribution in [1.29, 1.82) is 0 Å². The Labute approximate surface area is 45.0 Å². The third-order valence-corrected chi connectivity index (χ3v) is 0.562. The summed E-state index contributed by atoms with van der Waals surface area (Å²) < 4.78 is 0. The van der Waals surface area contributed by atoms with Gasteiger partial charge in [0.25, 0.3) is 0 Å². The van der Waals surface area contributed by atoms with Crippen LogP contribution in [-0.4, -0.2) is 11.4 Å². The molecule has 0 aliphatic rings. The van der Waals surface area contributed by atoms with Gasteiger partial charge in [0.1, 0.15) is 0 Å². The van der Waals surface area contributed by atoms with Crippen molar-refractivity contribution in [3.8, 4) is 0 Å². The van der Waals surface area contributed by atoms with Crippen LogP contribution in [0.3, 0.4) is 0 Å². The van der Waals surface area contributed by atoms with Crippen LogP contribution in [0.5, 0.6) is 0 Å². The Bertz CT molecular complexity index is 46.1. The minimum Gasteiger partial charge on any atom is -0.347 e. The molecule has 1 unspecified atom stereocenters. The topological polar surface area (TPSA) is 29.1 Å². The number of amides is 1. The summed E-state index contributed by atoms with van der Waals surface area (Å²) in [5.74, 6) is 0. The Morgan fingerprint density at radius 2 is 2.50 bits per heavy atom. The third kappa shape index (κ3) is 3.95. The van der Waals surface area contributed by atoms with Crippen LogP contribution in [0.1, 0.15) is 6.92 Å². The lowest BCUT2D eigenvalue weighted by Crippen LogP contribution is -2.16. The Hall–Kier alpha value is -0.0500. The van der Waals surface area contributed by atoms with E-state index in [1.807, 2.05) is 6.92 Å². The minimum absolute atomic E-state index is 0.0926. The maximum Gasteiger partial charge on any atom is 0.207 e. The van der Waals surface area contributed by atoms with Gasteiger partial charge in [-0.2, -0.15) is 0 Å². The summed E-state index contributed by atoms with van der Waals surface area (Å²) in [6.45, 7) is 1.83. The van der Waals surface area contributed by atoms with Crippen molar-refractivity contribution in [2.75, 3.05) is 0 Å². The molecular weight excluding hydrogens is 146 g/mol. The van der Waals surface area contributed by atoms with Crippen LogP contribution in [-0.2, 0) is 4.79 Å². The van der Waals surface area contributed by atoms with Crippen molar-refractivity contribution in [1.82, 2.24) is 5.32 Å². The van der Waals surface area contributed by atoms with Gasteiger partial charge < -0.3 is 5.32 Å². The zero-order chi connectivity index (χ0) is 4.99. The first-order valence-corrected chi connectivity index (χ1v) is 2.52. The molecule has 6 heavy (non-hydrogen) atoms. The summed E-state index contributed by atoms with van der Waals surface area (Å²) in [4.78, 5) is 9.57. The van der Waals surface area contributed by atoms with Crippen molar-refractivity contribution >= 4 is 22.3 Å². The molecule has 0 saturated heterocycles. The van der Waals surface area contributed by atoms with Gasteiger partial charge in [0.2, 0.25) is 6.41 Å². The molecule has 0 aromatic rings. The van der Waals surface area contributed by atoms with Gasteiger partial charge in [0, 0.05) is 0 Å². The van der Waals surface area contributed by atoms with E-state index >= 15 is 0 Å². The van der Waals surface area contributed by atoms with Gasteiger partial charge in [-0.25, -0.2) is 0 Å². The smallest absolute Gasteiger partial charge is 0.207 e. The van der Waals surface area contributed by atoms with Gasteiger partial charge in [-0.1, -0.05) is 15.9 Å². The largest absolute Gasteiger partial charge is 0.347 e. The normalized spacial score (nSPS) is 13.0. The first-order valence-electron chi connectivity index (χ1n) is 1.61. The molecule has 0 heterocycles. The first-order chi connectivity index (χ1) is 2.77. The van der Waals surface area contributed by atoms with Crippen molar-refractivity contribution < 1.29 is 4.79 Å². The van der Waals surface area contributed by atoms with Crippen LogP contribution in [0.2, 0.25) is 0 Å². The fourth-order valence-electron chi connectivity index (χ4n) is 0.0938. The molecular formula is C3H6BrNO. The zero-order valence-corrected chi connectivity index (χ0v) is 5.03. The number of hydrogen-bond donors (Lipinski definition) is 1. The predicted octanol–water partition coefficient (Wildman–Crippen LogP) is 0.473. The third-order valence-electron chi connectivity index (χ3n) is 0.298. The van der Waals surface area contributed by atoms with Gasteiger partial charge in [-0.15, -0.1) is 0 Å². The Balaban J connectivity index is 2.81. The Morgan fingerprint density at radius 3 is 2.50 bits per heavy atom. The summed E-state index contributed by atoms with van der Waals surface area (Å²) >= 11 is 3.09. The fourth-order valence-corrected chi connectivity index (χ4v) is 0.202. The molecule has 0 fully saturated rings. The van der Waals surface area contributed by atoms with Gasteiger partial charge in [-0.3, -0.25) is 4.79 Å². The second-order valence-corrected chi connectivity index (χ2v) is 2.27. The minimum atomic E-state index is 0.0926. The maximum absolute atomic E-state index is 9.47. The molecule has 0 saturated carbocycles. The van der Waals surface area contributed by atoms with E-state index in [-0.39, 0.29) is 4.95 Å². The maximum atomic E-state index is 9.47. The fraction of sp³-hybridized carbons (Fsp3) is 0.667. The lowest BCUT2D eigenvalue weighted by atomic mass is 10.8. The number of carbonyl (C=O) groups excluding carboxylic acids is 1. The van der Waals surface area contributed by atoms with Crippen LogP contribution in [0.15, 0.2) is 0 Å². The molecule has 0 aliphatic heterocycles. The first kappa shape index (κ1) is 5.95. The van der Waals surface area contributed by atoms with Crippen LogP contribution >= 0.6 is 15.9 Å². The number of carbonyl (C=O) groups is 1. The second-order valence-electron chi connectivity index (χ2n) is 0.901. The van der Waals surface area contributed by atoms with Crippen LogP contribution in [0, 0.1) is 0 Å². The second kappa shape index (κ2) is 3.15. The standard InChI is InChI=1S/C3H6BrNO/c1-3(4)5-2-6/h2-3H,1H3,(H,5,6). The Morgan fingerprint density at radius 1 is 2.00 bits per heavy atom. The van der Waals surface area contributed by atoms with E-state index < -0.39 is 0 Å². The van der Waals surface area contributed by atoms with E-state index in [9.17, 15) is 4.79 Å². The molecule has 1 N–H and O–H groups in total. The monoisotopic (exact) mass is 151 g/mol. The van der Waals surface area contributed by atoms with E-state index in [1.165, 1.54) is 0 Å². The molecule has 36 valence electrons. The molecule has 3 heteroatoms. The van der Waals surface area contributed by atoms with E-state index in [1.54, 1.807) is 0 Å². The molecule has 0 spiro atoms. The van der Waals surface area contributed by atoms with Gasteiger partial charge in [0.15, 0.2) is 0 Å². The van der Waals surface area contributed by atoms with Crippen molar-refractivity contribution in [2.24, 2.45) is 0 Å². The van der Waals surface area contributed by atoms with E-state index in [0.717, 1.165) is 0 Å². The average molecular weight is 152 g/mol. The van der Waals surface area contributed by atoms with Crippen molar-refractivity contribution in [2.45, 2.75) is 11.9 Å². The molecule has 0 aromatic carbocycles. The SMILES string of the molecule is CC(Br)NC=O. The van der Waals surface area contributed by atoms with E-state index in [0.29, 0.717) is 6.41 Å². The lowest BCUT2D eigenvalue weighted by Gasteiger charge is -1.93. The number of nitrogens with one attached hydrogen (secondary N) is 1. The van der Waals surface area contributed by atoms with Gasteiger partial charge >= 0.3 is 0 Å². The lowest BCUT2D eigenvalue weighted by molar-refractivity contribution is -0.109. The van der Waals surface area contributed by atoms with Crippen LogP contribution in [0.4, 0.5) is 0 Å². The summed E-state index contributed by atoms with van der Waals surface area (Å²) in [5.41, 5.74) is 0. The van der Waals surface area contributed by atoms with Crippen LogP contribution in [0.25, 0.3) is 0 Å². The highest BCUT2D eigenvalue weighted by atomic mass is 79.9. The van der Waals surface area contributed by atoms with Gasteiger partial charge in [-0.05, 0) is 6.92 Å². The van der Waals surface area contributed by atoms with Crippen molar-refractivity contribution in [3.63, 3.8) is 0 Å².